The summed E-state index contributed by atoms with van der Waals surface area (Å²) in [4.78, 5) is 2.69. The van der Waals surface area contributed by atoms with E-state index in [0.29, 0.717) is 6.04 Å². The van der Waals surface area contributed by atoms with Crippen molar-refractivity contribution < 1.29 is 0 Å². The number of hydrogen-bond acceptors (Lipinski definition) is 2. The van der Waals surface area contributed by atoms with E-state index in [1.54, 1.807) is 0 Å². The van der Waals surface area contributed by atoms with Gasteiger partial charge in [-0.1, -0.05) is 26.7 Å². The summed E-state index contributed by atoms with van der Waals surface area (Å²) >= 11 is 0. The summed E-state index contributed by atoms with van der Waals surface area (Å²) in [7, 11) is 2.36. The Hall–Kier alpha value is -0.0800. The van der Waals surface area contributed by atoms with Crippen LogP contribution in [0.1, 0.15) is 79.6 Å². The van der Waals surface area contributed by atoms with Crippen LogP contribution in [0.25, 0.3) is 0 Å². The molecule has 2 heteroatoms. The molecule has 0 radical (unpaired) electrons. The van der Waals surface area contributed by atoms with Crippen molar-refractivity contribution in [3.63, 3.8) is 0 Å². The van der Waals surface area contributed by atoms with Gasteiger partial charge in [0.25, 0.3) is 0 Å². The highest BCUT2D eigenvalue weighted by molar-refractivity contribution is 4.84. The van der Waals surface area contributed by atoms with Crippen LogP contribution in [-0.2, 0) is 0 Å². The summed E-state index contributed by atoms with van der Waals surface area (Å²) in [5.41, 5.74) is 0.229. The number of nitrogens with one attached hydrogen (secondary N) is 1. The minimum absolute atomic E-state index is 0.229. The van der Waals surface area contributed by atoms with Crippen molar-refractivity contribution in [1.82, 2.24) is 10.2 Å². The zero-order valence-corrected chi connectivity index (χ0v) is 14.8. The lowest BCUT2D eigenvalue weighted by molar-refractivity contribution is 0.108. The van der Waals surface area contributed by atoms with Crippen LogP contribution >= 0.6 is 0 Å². The predicted molar refractivity (Wildman–Crippen MR) is 90.3 cm³/mol. The molecule has 0 aromatic heterocycles. The van der Waals surface area contributed by atoms with Gasteiger partial charge in [-0.25, -0.2) is 0 Å². The van der Waals surface area contributed by atoms with Gasteiger partial charge in [0.2, 0.25) is 0 Å². The third-order valence-corrected chi connectivity index (χ3v) is 5.04. The Labute approximate surface area is 127 Å². The molecule has 0 aromatic carbocycles. The second kappa shape index (κ2) is 8.38. The second-order valence-electron chi connectivity index (χ2n) is 7.82. The zero-order valence-electron chi connectivity index (χ0n) is 14.8. The highest BCUT2D eigenvalue weighted by atomic mass is 15.2. The number of hydrogen-bond donors (Lipinski definition) is 1. The van der Waals surface area contributed by atoms with Crippen molar-refractivity contribution in [2.75, 3.05) is 13.6 Å². The summed E-state index contributed by atoms with van der Waals surface area (Å²) in [6, 6.07) is 1.51. The first-order valence-corrected chi connectivity index (χ1v) is 8.84. The molecule has 20 heavy (non-hydrogen) atoms. The SMILES string of the molecule is CCCC(CNC(C)(C)C)N(C)C1CCC(CC)CC1. The maximum atomic E-state index is 3.71. The molecule has 1 saturated carbocycles. The van der Waals surface area contributed by atoms with Crippen molar-refractivity contribution in [1.29, 1.82) is 0 Å². The van der Waals surface area contributed by atoms with Gasteiger partial charge in [0.05, 0.1) is 0 Å². The third kappa shape index (κ3) is 6.13. The highest BCUT2D eigenvalue weighted by Gasteiger charge is 2.27. The van der Waals surface area contributed by atoms with E-state index in [2.05, 4.69) is 51.9 Å². The molecule has 1 atom stereocenters. The van der Waals surface area contributed by atoms with E-state index >= 15 is 0 Å². The van der Waals surface area contributed by atoms with Crippen LogP contribution in [0.2, 0.25) is 0 Å². The molecule has 2 nitrogen and oxygen atoms in total. The van der Waals surface area contributed by atoms with Gasteiger partial charge < -0.3 is 5.32 Å². The molecule has 1 unspecified atom stereocenters. The van der Waals surface area contributed by atoms with Crippen LogP contribution in [-0.4, -0.2) is 36.1 Å². The van der Waals surface area contributed by atoms with Crippen molar-refractivity contribution in [3.8, 4) is 0 Å². The Balaban J connectivity index is 2.49. The number of rotatable bonds is 7. The minimum atomic E-state index is 0.229. The van der Waals surface area contributed by atoms with Gasteiger partial charge in [0, 0.05) is 24.2 Å². The summed E-state index contributed by atoms with van der Waals surface area (Å²) in [5, 5.41) is 3.71. The van der Waals surface area contributed by atoms with Crippen molar-refractivity contribution >= 4 is 0 Å². The molecular formula is C18H38N2. The quantitative estimate of drug-likeness (QED) is 0.742. The molecule has 0 heterocycles. The fraction of sp³-hybridized carbons (Fsp3) is 1.00. The largest absolute Gasteiger partial charge is 0.311 e. The summed E-state index contributed by atoms with van der Waals surface area (Å²) in [6.45, 7) is 12.6. The van der Waals surface area contributed by atoms with E-state index in [0.717, 1.165) is 18.5 Å². The maximum absolute atomic E-state index is 3.71. The summed E-state index contributed by atoms with van der Waals surface area (Å²) < 4.78 is 0. The zero-order chi connectivity index (χ0) is 15.2. The number of nitrogens with zero attached hydrogens (tertiary/aromatic N) is 1. The standard InChI is InChI=1S/C18H38N2/c1-7-9-17(14-19-18(3,4)5)20(6)16-12-10-15(8-2)11-13-16/h15-17,19H,7-14H2,1-6H3. The molecular weight excluding hydrogens is 244 g/mol. The molecule has 0 aliphatic heterocycles. The second-order valence-corrected chi connectivity index (χ2v) is 7.82. The first-order chi connectivity index (χ1) is 9.37. The normalized spacial score (nSPS) is 25.9. The molecule has 1 N–H and O–H groups in total. The molecule has 1 fully saturated rings. The molecule has 1 rings (SSSR count). The van der Waals surface area contributed by atoms with Gasteiger partial charge in [0.15, 0.2) is 0 Å². The van der Waals surface area contributed by atoms with Gasteiger partial charge in [-0.3, -0.25) is 4.90 Å². The molecule has 1 aliphatic rings. The van der Waals surface area contributed by atoms with E-state index in [1.165, 1.54) is 44.9 Å². The summed E-state index contributed by atoms with van der Waals surface area (Å²) in [6.07, 6.45) is 9.67. The van der Waals surface area contributed by atoms with Gasteiger partial charge in [-0.2, -0.15) is 0 Å². The fourth-order valence-electron chi connectivity index (χ4n) is 3.47. The summed E-state index contributed by atoms with van der Waals surface area (Å²) in [5.74, 6) is 0.997. The van der Waals surface area contributed by atoms with E-state index in [9.17, 15) is 0 Å². The molecule has 0 bridgehead atoms. The molecule has 0 aromatic rings. The Bertz CT molecular complexity index is 249. The van der Waals surface area contributed by atoms with Crippen molar-refractivity contribution in [3.05, 3.63) is 0 Å². The maximum Gasteiger partial charge on any atom is 0.0220 e. The first-order valence-electron chi connectivity index (χ1n) is 8.84. The fourth-order valence-corrected chi connectivity index (χ4v) is 3.47. The smallest absolute Gasteiger partial charge is 0.0220 e. The van der Waals surface area contributed by atoms with Crippen molar-refractivity contribution in [2.45, 2.75) is 97.2 Å². The third-order valence-electron chi connectivity index (χ3n) is 5.04. The molecule has 0 amide bonds. The Morgan fingerprint density at radius 3 is 2.15 bits per heavy atom. The minimum Gasteiger partial charge on any atom is -0.311 e. The highest BCUT2D eigenvalue weighted by Crippen LogP contribution is 2.30. The van der Waals surface area contributed by atoms with Gasteiger partial charge in [-0.15, -0.1) is 0 Å². The van der Waals surface area contributed by atoms with E-state index < -0.39 is 0 Å². The lowest BCUT2D eigenvalue weighted by atomic mass is 9.83. The molecule has 120 valence electrons. The predicted octanol–water partition coefficient (Wildman–Crippen LogP) is 4.44. The van der Waals surface area contributed by atoms with Crippen LogP contribution in [0.4, 0.5) is 0 Å². The Kier molecular flexibility index (Phi) is 7.53. The lowest BCUT2D eigenvalue weighted by Gasteiger charge is -2.40. The Morgan fingerprint density at radius 1 is 1.10 bits per heavy atom. The molecule has 0 saturated heterocycles. The van der Waals surface area contributed by atoms with Gasteiger partial charge in [-0.05, 0) is 65.8 Å². The average Bonchev–Trinajstić information content (AvgIpc) is 2.42. The molecule has 1 aliphatic carbocycles. The molecule has 0 spiro atoms. The monoisotopic (exact) mass is 282 g/mol. The average molecular weight is 283 g/mol. The van der Waals surface area contributed by atoms with Crippen LogP contribution in [0.5, 0.6) is 0 Å². The van der Waals surface area contributed by atoms with Crippen LogP contribution < -0.4 is 5.32 Å². The number of likely N-dealkylation sites (N-methyl/N-ethyl adjacent to an activating group) is 1. The van der Waals surface area contributed by atoms with Crippen LogP contribution in [0.3, 0.4) is 0 Å². The van der Waals surface area contributed by atoms with E-state index in [-0.39, 0.29) is 5.54 Å². The van der Waals surface area contributed by atoms with E-state index in [1.807, 2.05) is 0 Å². The van der Waals surface area contributed by atoms with E-state index in [4.69, 9.17) is 0 Å². The van der Waals surface area contributed by atoms with Gasteiger partial charge >= 0.3 is 0 Å². The Morgan fingerprint density at radius 2 is 1.70 bits per heavy atom. The topological polar surface area (TPSA) is 15.3 Å². The van der Waals surface area contributed by atoms with Crippen LogP contribution in [0, 0.1) is 5.92 Å². The lowest BCUT2D eigenvalue weighted by Crippen LogP contribution is -2.50. The first kappa shape index (κ1) is 18.0. The van der Waals surface area contributed by atoms with Gasteiger partial charge in [0.1, 0.15) is 0 Å². The van der Waals surface area contributed by atoms with Crippen LogP contribution in [0.15, 0.2) is 0 Å². The van der Waals surface area contributed by atoms with Crippen molar-refractivity contribution in [2.24, 2.45) is 5.92 Å².